The number of nitrogens with zero attached hydrogens (tertiary/aromatic N) is 1. The molecule has 21 heavy (non-hydrogen) atoms. The number of carbonyl (C=O) groups excluding carboxylic acids is 1. The van der Waals surface area contributed by atoms with Gasteiger partial charge in [0.15, 0.2) is 6.29 Å². The van der Waals surface area contributed by atoms with Gasteiger partial charge in [0.1, 0.15) is 18.2 Å². The van der Waals surface area contributed by atoms with Crippen LogP contribution < -0.4 is 4.74 Å². The first-order valence-corrected chi connectivity index (χ1v) is 6.61. The van der Waals surface area contributed by atoms with E-state index >= 15 is 0 Å². The lowest BCUT2D eigenvalue weighted by atomic mass is 10.2. The third-order valence-electron chi connectivity index (χ3n) is 2.73. The monoisotopic (exact) mass is 353 g/mol. The summed E-state index contributed by atoms with van der Waals surface area (Å²) in [7, 11) is 0. The van der Waals surface area contributed by atoms with Gasteiger partial charge in [-0.3, -0.25) is 14.9 Å². The molecule has 0 spiro atoms. The second-order valence-electron chi connectivity index (χ2n) is 4.12. The Kier molecular flexibility index (Phi) is 4.64. The third kappa shape index (κ3) is 3.63. The summed E-state index contributed by atoms with van der Waals surface area (Å²) in [6, 6.07) is 7.89. The minimum Gasteiger partial charge on any atom is -0.488 e. The molecule has 2 aromatic rings. The molecule has 7 heteroatoms. The van der Waals surface area contributed by atoms with Crippen LogP contribution in [-0.4, -0.2) is 11.2 Å². The lowest BCUT2D eigenvalue weighted by molar-refractivity contribution is -0.384. The van der Waals surface area contributed by atoms with E-state index in [2.05, 4.69) is 15.9 Å². The van der Waals surface area contributed by atoms with Crippen molar-refractivity contribution in [3.63, 3.8) is 0 Å². The first-order chi connectivity index (χ1) is 10.0. The second-order valence-corrected chi connectivity index (χ2v) is 4.98. The Labute approximate surface area is 127 Å². The maximum Gasteiger partial charge on any atom is 0.270 e. The van der Waals surface area contributed by atoms with Crippen LogP contribution in [0.3, 0.4) is 0 Å². The molecule has 0 aromatic heterocycles. The highest BCUT2D eigenvalue weighted by molar-refractivity contribution is 9.10. The molecule has 0 aliphatic heterocycles. The van der Waals surface area contributed by atoms with Gasteiger partial charge in [-0.2, -0.15) is 0 Å². The van der Waals surface area contributed by atoms with Gasteiger partial charge in [0.2, 0.25) is 0 Å². The molecule has 0 atom stereocenters. The number of rotatable bonds is 5. The van der Waals surface area contributed by atoms with Gasteiger partial charge in [-0.05, 0) is 18.2 Å². The van der Waals surface area contributed by atoms with Gasteiger partial charge < -0.3 is 4.74 Å². The predicted molar refractivity (Wildman–Crippen MR) is 76.9 cm³/mol. The van der Waals surface area contributed by atoms with Crippen molar-refractivity contribution in [1.29, 1.82) is 0 Å². The van der Waals surface area contributed by atoms with E-state index < -0.39 is 4.92 Å². The highest BCUT2D eigenvalue weighted by atomic mass is 79.9. The molecule has 0 unspecified atom stereocenters. The Balaban J connectivity index is 2.19. The molecule has 0 amide bonds. The van der Waals surface area contributed by atoms with E-state index in [0.29, 0.717) is 16.3 Å². The SMILES string of the molecule is O=Cc1cc([N+](=O)[O-])ccc1OCc1ccc(F)cc1Br. The maximum absolute atomic E-state index is 13.0. The molecule has 0 N–H and O–H groups in total. The van der Waals surface area contributed by atoms with E-state index in [1.54, 1.807) is 6.07 Å². The number of non-ortho nitro benzene ring substituents is 1. The molecule has 108 valence electrons. The number of aldehydes is 1. The van der Waals surface area contributed by atoms with Crippen molar-refractivity contribution in [2.24, 2.45) is 0 Å². The third-order valence-corrected chi connectivity index (χ3v) is 3.47. The summed E-state index contributed by atoms with van der Waals surface area (Å²) in [6.45, 7) is 0.0967. The van der Waals surface area contributed by atoms with Crippen molar-refractivity contribution < 1.29 is 18.8 Å². The normalized spacial score (nSPS) is 10.2. The van der Waals surface area contributed by atoms with Gasteiger partial charge in [-0.15, -0.1) is 0 Å². The Bertz CT molecular complexity index is 705. The van der Waals surface area contributed by atoms with Crippen molar-refractivity contribution in [2.75, 3.05) is 0 Å². The molecule has 2 rings (SSSR count). The summed E-state index contributed by atoms with van der Waals surface area (Å²) in [5, 5.41) is 10.6. The highest BCUT2D eigenvalue weighted by Gasteiger charge is 2.12. The van der Waals surface area contributed by atoms with Crippen LogP contribution in [0.4, 0.5) is 10.1 Å². The van der Waals surface area contributed by atoms with Crippen LogP contribution in [0.1, 0.15) is 15.9 Å². The Hall–Kier alpha value is -2.28. The molecule has 0 radical (unpaired) electrons. The van der Waals surface area contributed by atoms with Crippen molar-refractivity contribution in [3.8, 4) is 5.75 Å². The van der Waals surface area contributed by atoms with Crippen LogP contribution in [0.5, 0.6) is 5.75 Å². The number of nitro benzene ring substituents is 1. The van der Waals surface area contributed by atoms with Crippen LogP contribution in [0.2, 0.25) is 0 Å². The van der Waals surface area contributed by atoms with Crippen LogP contribution >= 0.6 is 15.9 Å². The quantitative estimate of drug-likeness (QED) is 0.464. The molecule has 0 fully saturated rings. The molecule has 2 aromatic carbocycles. The van der Waals surface area contributed by atoms with Gasteiger partial charge in [0.25, 0.3) is 5.69 Å². The summed E-state index contributed by atoms with van der Waals surface area (Å²) >= 11 is 3.21. The zero-order valence-corrected chi connectivity index (χ0v) is 12.2. The lowest BCUT2D eigenvalue weighted by Crippen LogP contribution is -2.00. The van der Waals surface area contributed by atoms with E-state index in [4.69, 9.17) is 4.74 Å². The van der Waals surface area contributed by atoms with Crippen LogP contribution in [0.15, 0.2) is 40.9 Å². The zero-order chi connectivity index (χ0) is 15.4. The summed E-state index contributed by atoms with van der Waals surface area (Å²) in [4.78, 5) is 21.0. The topological polar surface area (TPSA) is 69.4 Å². The van der Waals surface area contributed by atoms with Crippen molar-refractivity contribution in [1.82, 2.24) is 0 Å². The van der Waals surface area contributed by atoms with Gasteiger partial charge in [-0.25, -0.2) is 4.39 Å². The number of benzene rings is 2. The molecule has 0 aliphatic rings. The number of hydrogen-bond donors (Lipinski definition) is 0. The maximum atomic E-state index is 13.0. The first-order valence-electron chi connectivity index (χ1n) is 5.81. The van der Waals surface area contributed by atoms with Gasteiger partial charge in [0, 0.05) is 22.2 Å². The van der Waals surface area contributed by atoms with E-state index in [0.717, 1.165) is 6.07 Å². The largest absolute Gasteiger partial charge is 0.488 e. The molecule has 0 saturated heterocycles. The average molecular weight is 354 g/mol. The van der Waals surface area contributed by atoms with Crippen LogP contribution in [0, 0.1) is 15.9 Å². The summed E-state index contributed by atoms with van der Waals surface area (Å²) in [5.41, 5.74) is 0.585. The van der Waals surface area contributed by atoms with E-state index in [1.165, 1.54) is 24.3 Å². The number of nitro groups is 1. The molecule has 0 heterocycles. The minimum absolute atomic E-state index is 0.0856. The predicted octanol–water partition coefficient (Wildman–Crippen LogP) is 3.89. The Morgan fingerprint density at radius 3 is 2.67 bits per heavy atom. The fourth-order valence-electron chi connectivity index (χ4n) is 1.67. The Morgan fingerprint density at radius 1 is 1.29 bits per heavy atom. The molecule has 0 bridgehead atoms. The number of ether oxygens (including phenoxy) is 1. The minimum atomic E-state index is -0.590. The lowest BCUT2D eigenvalue weighted by Gasteiger charge is -2.09. The summed E-state index contributed by atoms with van der Waals surface area (Å²) < 4.78 is 19.0. The van der Waals surface area contributed by atoms with Crippen molar-refractivity contribution >= 4 is 27.9 Å². The average Bonchev–Trinajstić information content (AvgIpc) is 2.46. The molecule has 0 saturated carbocycles. The van der Waals surface area contributed by atoms with Gasteiger partial charge in [-0.1, -0.05) is 22.0 Å². The Morgan fingerprint density at radius 2 is 2.05 bits per heavy atom. The summed E-state index contributed by atoms with van der Waals surface area (Å²) in [5.74, 6) is -0.152. The highest BCUT2D eigenvalue weighted by Crippen LogP contribution is 2.25. The fraction of sp³-hybridized carbons (Fsp3) is 0.0714. The fourth-order valence-corrected chi connectivity index (χ4v) is 2.13. The molecule has 5 nitrogen and oxygen atoms in total. The zero-order valence-electron chi connectivity index (χ0n) is 10.6. The van der Waals surface area contributed by atoms with Gasteiger partial charge >= 0.3 is 0 Å². The molecular weight excluding hydrogens is 345 g/mol. The van der Waals surface area contributed by atoms with Gasteiger partial charge in [0.05, 0.1) is 10.5 Å². The van der Waals surface area contributed by atoms with Crippen LogP contribution in [0.25, 0.3) is 0 Å². The second kappa shape index (κ2) is 6.45. The molecular formula is C14H9BrFNO4. The summed E-state index contributed by atoms with van der Waals surface area (Å²) in [6.07, 6.45) is 0.488. The number of carbonyl (C=O) groups is 1. The number of halogens is 2. The van der Waals surface area contributed by atoms with Crippen molar-refractivity contribution in [3.05, 3.63) is 67.9 Å². The van der Waals surface area contributed by atoms with E-state index in [1.807, 2.05) is 0 Å². The van der Waals surface area contributed by atoms with Crippen molar-refractivity contribution in [2.45, 2.75) is 6.61 Å². The van der Waals surface area contributed by atoms with E-state index in [-0.39, 0.29) is 29.4 Å². The van der Waals surface area contributed by atoms with Crippen LogP contribution in [-0.2, 0) is 6.61 Å². The standard InChI is InChI=1S/C14H9BrFNO4/c15-13-6-11(16)2-1-9(13)8-21-14-4-3-12(17(19)20)5-10(14)7-18/h1-7H,8H2. The van der Waals surface area contributed by atoms with E-state index in [9.17, 15) is 19.3 Å². The number of hydrogen-bond acceptors (Lipinski definition) is 4. The molecule has 0 aliphatic carbocycles. The smallest absolute Gasteiger partial charge is 0.270 e. The first kappa shape index (κ1) is 15.1.